The zero-order chi connectivity index (χ0) is 10.4. The monoisotopic (exact) mass is 230 g/mol. The van der Waals surface area contributed by atoms with Crippen LogP contribution in [0.15, 0.2) is 5.51 Å². The molecule has 0 fully saturated rings. The van der Waals surface area contributed by atoms with Gasteiger partial charge in [-0.2, -0.15) is 0 Å². The highest BCUT2D eigenvalue weighted by atomic mass is 32.2. The Kier molecular flexibility index (Phi) is 5.14. The molecule has 1 aromatic heterocycles. The summed E-state index contributed by atoms with van der Waals surface area (Å²) in [6, 6.07) is 0. The van der Waals surface area contributed by atoms with Crippen LogP contribution in [0.25, 0.3) is 0 Å². The van der Waals surface area contributed by atoms with E-state index in [9.17, 15) is 4.79 Å². The lowest BCUT2D eigenvalue weighted by Gasteiger charge is -1.98. The lowest BCUT2D eigenvalue weighted by Crippen LogP contribution is -2.05. The standard InChI is InChI=1S/C9H14N2OS2/c1-7-8(14-6-11-7)3-5-13-9(12)2-4-10/h6H,2-5,10H2,1H3. The number of thioether (sulfide) groups is 1. The third-order valence-corrected chi connectivity index (χ3v) is 3.71. The minimum absolute atomic E-state index is 0.190. The van der Waals surface area contributed by atoms with Crippen molar-refractivity contribution in [3.8, 4) is 0 Å². The fraction of sp³-hybridized carbons (Fsp3) is 0.556. The van der Waals surface area contributed by atoms with Gasteiger partial charge in [0, 0.05) is 23.6 Å². The number of aromatic nitrogens is 1. The molecule has 0 radical (unpaired) electrons. The molecule has 3 nitrogen and oxygen atoms in total. The highest BCUT2D eigenvalue weighted by Gasteiger charge is 2.04. The van der Waals surface area contributed by atoms with Crippen LogP contribution >= 0.6 is 23.1 Å². The number of nitrogens with two attached hydrogens (primary N) is 1. The topological polar surface area (TPSA) is 56.0 Å². The Morgan fingerprint density at radius 1 is 1.71 bits per heavy atom. The zero-order valence-electron chi connectivity index (χ0n) is 8.16. The van der Waals surface area contributed by atoms with Gasteiger partial charge in [-0.15, -0.1) is 11.3 Å². The molecule has 0 bridgehead atoms. The largest absolute Gasteiger partial charge is 0.330 e. The van der Waals surface area contributed by atoms with Crippen LogP contribution in [0, 0.1) is 6.92 Å². The molecule has 1 aromatic rings. The first-order chi connectivity index (χ1) is 6.74. The summed E-state index contributed by atoms with van der Waals surface area (Å²) in [5, 5.41) is 0.190. The molecule has 78 valence electrons. The summed E-state index contributed by atoms with van der Waals surface area (Å²) >= 11 is 3.02. The van der Waals surface area contributed by atoms with Crippen molar-refractivity contribution in [3.05, 3.63) is 16.1 Å². The van der Waals surface area contributed by atoms with Crippen molar-refractivity contribution >= 4 is 28.2 Å². The molecule has 0 atom stereocenters. The van der Waals surface area contributed by atoms with Crippen molar-refractivity contribution in [2.24, 2.45) is 5.73 Å². The van der Waals surface area contributed by atoms with Gasteiger partial charge in [0.25, 0.3) is 0 Å². The molecule has 0 unspecified atom stereocenters. The minimum atomic E-state index is 0.190. The molecule has 0 saturated carbocycles. The predicted octanol–water partition coefficient (Wildman–Crippen LogP) is 1.60. The van der Waals surface area contributed by atoms with Crippen molar-refractivity contribution in [1.29, 1.82) is 0 Å². The molecular weight excluding hydrogens is 216 g/mol. The van der Waals surface area contributed by atoms with Gasteiger partial charge < -0.3 is 5.73 Å². The van der Waals surface area contributed by atoms with E-state index in [4.69, 9.17) is 5.73 Å². The van der Waals surface area contributed by atoms with Gasteiger partial charge in [-0.05, 0) is 13.3 Å². The van der Waals surface area contributed by atoms with E-state index < -0.39 is 0 Å². The molecule has 0 aromatic carbocycles. The Morgan fingerprint density at radius 2 is 2.50 bits per heavy atom. The van der Waals surface area contributed by atoms with Gasteiger partial charge in [-0.1, -0.05) is 11.8 Å². The number of thiazole rings is 1. The van der Waals surface area contributed by atoms with Crippen LogP contribution in [-0.4, -0.2) is 22.4 Å². The predicted molar refractivity (Wildman–Crippen MR) is 61.7 cm³/mol. The summed E-state index contributed by atoms with van der Waals surface area (Å²) in [7, 11) is 0. The smallest absolute Gasteiger partial charge is 0.190 e. The van der Waals surface area contributed by atoms with Crippen molar-refractivity contribution in [2.45, 2.75) is 19.8 Å². The van der Waals surface area contributed by atoms with E-state index in [1.165, 1.54) is 16.6 Å². The summed E-state index contributed by atoms with van der Waals surface area (Å²) < 4.78 is 0. The van der Waals surface area contributed by atoms with E-state index in [2.05, 4.69) is 4.98 Å². The van der Waals surface area contributed by atoms with Crippen molar-refractivity contribution in [3.63, 3.8) is 0 Å². The third-order valence-electron chi connectivity index (χ3n) is 1.79. The molecule has 0 aliphatic carbocycles. The van der Waals surface area contributed by atoms with E-state index in [0.717, 1.165) is 17.9 Å². The maximum atomic E-state index is 11.1. The lowest BCUT2D eigenvalue weighted by atomic mass is 10.3. The molecule has 0 aliphatic heterocycles. The summed E-state index contributed by atoms with van der Waals surface area (Å²) in [6.07, 6.45) is 1.41. The number of carbonyl (C=O) groups excluding carboxylic acids is 1. The number of aryl methyl sites for hydroxylation is 2. The maximum absolute atomic E-state index is 11.1. The van der Waals surface area contributed by atoms with Crippen LogP contribution in [0.3, 0.4) is 0 Å². The molecule has 5 heteroatoms. The van der Waals surface area contributed by atoms with E-state index in [1.807, 2.05) is 12.4 Å². The van der Waals surface area contributed by atoms with E-state index in [1.54, 1.807) is 11.3 Å². The number of hydrogen-bond acceptors (Lipinski definition) is 5. The first-order valence-electron chi connectivity index (χ1n) is 4.48. The third kappa shape index (κ3) is 3.77. The lowest BCUT2D eigenvalue weighted by molar-refractivity contribution is -0.110. The fourth-order valence-corrected chi connectivity index (χ4v) is 2.72. The zero-order valence-corrected chi connectivity index (χ0v) is 9.79. The second-order valence-corrected chi connectivity index (χ2v) is 4.96. The normalized spacial score (nSPS) is 10.4. The van der Waals surface area contributed by atoms with Crippen molar-refractivity contribution < 1.29 is 4.79 Å². The van der Waals surface area contributed by atoms with Gasteiger partial charge in [-0.25, -0.2) is 4.98 Å². The van der Waals surface area contributed by atoms with Crippen LogP contribution < -0.4 is 5.73 Å². The van der Waals surface area contributed by atoms with Crippen molar-refractivity contribution in [1.82, 2.24) is 4.98 Å². The average Bonchev–Trinajstić information content (AvgIpc) is 2.52. The van der Waals surface area contributed by atoms with Crippen LogP contribution in [0.2, 0.25) is 0 Å². The molecule has 0 saturated heterocycles. The fourth-order valence-electron chi connectivity index (χ4n) is 1.01. The molecule has 0 spiro atoms. The molecule has 14 heavy (non-hydrogen) atoms. The van der Waals surface area contributed by atoms with E-state index >= 15 is 0 Å². The van der Waals surface area contributed by atoms with E-state index in [0.29, 0.717) is 13.0 Å². The molecule has 1 heterocycles. The first-order valence-corrected chi connectivity index (χ1v) is 6.35. The summed E-state index contributed by atoms with van der Waals surface area (Å²) in [4.78, 5) is 16.6. The maximum Gasteiger partial charge on any atom is 0.190 e. The second-order valence-electron chi connectivity index (χ2n) is 2.87. The Labute approximate surface area is 92.1 Å². The van der Waals surface area contributed by atoms with Gasteiger partial charge in [0.2, 0.25) is 0 Å². The Balaban J connectivity index is 2.22. The Bertz CT molecular complexity index is 299. The molecule has 2 N–H and O–H groups in total. The molecule has 0 aliphatic rings. The number of hydrogen-bond donors (Lipinski definition) is 1. The van der Waals surface area contributed by atoms with Gasteiger partial charge in [-0.3, -0.25) is 4.79 Å². The Hall–Kier alpha value is -0.390. The summed E-state index contributed by atoms with van der Waals surface area (Å²) in [5.41, 5.74) is 8.21. The quantitative estimate of drug-likeness (QED) is 0.835. The highest BCUT2D eigenvalue weighted by Crippen LogP contribution is 2.16. The van der Waals surface area contributed by atoms with Crippen LogP contribution in [0.1, 0.15) is 17.0 Å². The molecule has 1 rings (SSSR count). The van der Waals surface area contributed by atoms with Crippen LogP contribution in [-0.2, 0) is 11.2 Å². The Morgan fingerprint density at radius 3 is 3.07 bits per heavy atom. The van der Waals surface area contributed by atoms with Crippen LogP contribution in [0.5, 0.6) is 0 Å². The summed E-state index contributed by atoms with van der Waals surface area (Å²) in [6.45, 7) is 2.45. The number of rotatable bonds is 5. The van der Waals surface area contributed by atoms with Gasteiger partial charge in [0.1, 0.15) is 0 Å². The van der Waals surface area contributed by atoms with Gasteiger partial charge in [0.05, 0.1) is 11.2 Å². The van der Waals surface area contributed by atoms with E-state index in [-0.39, 0.29) is 5.12 Å². The highest BCUT2D eigenvalue weighted by molar-refractivity contribution is 8.13. The number of nitrogens with zero attached hydrogens (tertiary/aromatic N) is 1. The second kappa shape index (κ2) is 6.16. The van der Waals surface area contributed by atoms with Crippen LogP contribution in [0.4, 0.5) is 0 Å². The first kappa shape index (κ1) is 11.7. The minimum Gasteiger partial charge on any atom is -0.330 e. The average molecular weight is 230 g/mol. The summed E-state index contributed by atoms with van der Waals surface area (Å²) in [5.74, 6) is 0.835. The van der Waals surface area contributed by atoms with Gasteiger partial charge in [0.15, 0.2) is 5.12 Å². The molecule has 0 amide bonds. The number of carbonyl (C=O) groups is 1. The van der Waals surface area contributed by atoms with Gasteiger partial charge >= 0.3 is 0 Å². The van der Waals surface area contributed by atoms with Crippen molar-refractivity contribution in [2.75, 3.05) is 12.3 Å². The molecular formula is C9H14N2OS2. The SMILES string of the molecule is Cc1ncsc1CCSC(=O)CCN.